The third-order valence-electron chi connectivity index (χ3n) is 2.40. The fourth-order valence-electron chi connectivity index (χ4n) is 1.56. The van der Waals surface area contributed by atoms with Gasteiger partial charge in [0.05, 0.1) is 12.7 Å². The molecule has 0 spiro atoms. The fourth-order valence-corrected chi connectivity index (χ4v) is 1.56. The van der Waals surface area contributed by atoms with Crippen molar-refractivity contribution in [1.29, 1.82) is 0 Å². The summed E-state index contributed by atoms with van der Waals surface area (Å²) in [6.45, 7) is 2.94. The van der Waals surface area contributed by atoms with Crippen LogP contribution in [-0.4, -0.2) is 24.2 Å². The molecule has 76 valence electrons. The van der Waals surface area contributed by atoms with Crippen LogP contribution in [0.1, 0.15) is 12.5 Å². The molecule has 0 radical (unpaired) electrons. The Morgan fingerprint density at radius 2 is 2.29 bits per heavy atom. The first kappa shape index (κ1) is 9.58. The van der Waals surface area contributed by atoms with Crippen molar-refractivity contribution in [1.82, 2.24) is 4.98 Å². The molecular weight excluding hydrogens is 180 g/mol. The van der Waals surface area contributed by atoms with E-state index in [0.29, 0.717) is 13.2 Å². The van der Waals surface area contributed by atoms with E-state index in [1.807, 2.05) is 19.1 Å². The second-order valence-corrected chi connectivity index (χ2v) is 3.47. The summed E-state index contributed by atoms with van der Waals surface area (Å²) in [5, 5.41) is 0. The Kier molecular flexibility index (Phi) is 2.50. The maximum atomic E-state index is 5.71. The minimum atomic E-state index is -0.660. The number of ether oxygens (including phenoxy) is 2. The van der Waals surface area contributed by atoms with Crippen molar-refractivity contribution in [2.24, 2.45) is 5.73 Å². The van der Waals surface area contributed by atoms with Gasteiger partial charge in [0.15, 0.2) is 5.79 Å². The molecule has 0 aliphatic carbocycles. The summed E-state index contributed by atoms with van der Waals surface area (Å²) in [6, 6.07) is 3.78. The topological polar surface area (TPSA) is 57.4 Å². The zero-order valence-electron chi connectivity index (χ0n) is 8.14. The Bertz CT molecular complexity index is 304. The molecule has 2 unspecified atom stereocenters. The van der Waals surface area contributed by atoms with Gasteiger partial charge in [0.2, 0.25) is 0 Å². The molecule has 1 aliphatic heterocycles. The van der Waals surface area contributed by atoms with Crippen molar-refractivity contribution in [2.45, 2.75) is 18.8 Å². The van der Waals surface area contributed by atoms with Gasteiger partial charge >= 0.3 is 0 Å². The van der Waals surface area contributed by atoms with Crippen molar-refractivity contribution in [3.05, 3.63) is 30.1 Å². The molecule has 2 heterocycles. The molecule has 1 aromatic rings. The predicted molar refractivity (Wildman–Crippen MR) is 51.5 cm³/mol. The summed E-state index contributed by atoms with van der Waals surface area (Å²) in [5.74, 6) is -0.660. The Hall–Kier alpha value is -0.970. The van der Waals surface area contributed by atoms with Crippen LogP contribution in [0.5, 0.6) is 0 Å². The van der Waals surface area contributed by atoms with Crippen molar-refractivity contribution < 1.29 is 9.47 Å². The van der Waals surface area contributed by atoms with Gasteiger partial charge in [0.1, 0.15) is 0 Å². The van der Waals surface area contributed by atoms with Crippen LogP contribution in [0.25, 0.3) is 0 Å². The van der Waals surface area contributed by atoms with Crippen molar-refractivity contribution >= 4 is 0 Å². The molecule has 14 heavy (non-hydrogen) atoms. The quantitative estimate of drug-likeness (QED) is 0.750. The second kappa shape index (κ2) is 3.65. The van der Waals surface area contributed by atoms with E-state index in [4.69, 9.17) is 15.2 Å². The SMILES string of the molecule is CC1(c2ccncc2)OCC(CN)O1. The van der Waals surface area contributed by atoms with Crippen LogP contribution in [0.4, 0.5) is 0 Å². The highest BCUT2D eigenvalue weighted by atomic mass is 16.7. The molecule has 1 fully saturated rings. The molecule has 1 aliphatic rings. The summed E-state index contributed by atoms with van der Waals surface area (Å²) < 4.78 is 11.3. The van der Waals surface area contributed by atoms with Crippen LogP contribution in [0.15, 0.2) is 24.5 Å². The molecule has 2 N–H and O–H groups in total. The largest absolute Gasteiger partial charge is 0.343 e. The van der Waals surface area contributed by atoms with E-state index < -0.39 is 5.79 Å². The van der Waals surface area contributed by atoms with Gasteiger partial charge in [-0.3, -0.25) is 4.98 Å². The Labute approximate surface area is 83.0 Å². The fraction of sp³-hybridized carbons (Fsp3) is 0.500. The van der Waals surface area contributed by atoms with Crippen molar-refractivity contribution in [3.63, 3.8) is 0 Å². The van der Waals surface area contributed by atoms with Gasteiger partial charge in [-0.2, -0.15) is 0 Å². The molecule has 0 bridgehead atoms. The summed E-state index contributed by atoms with van der Waals surface area (Å²) >= 11 is 0. The lowest BCUT2D eigenvalue weighted by molar-refractivity contribution is -0.160. The number of pyridine rings is 1. The average molecular weight is 194 g/mol. The van der Waals surface area contributed by atoms with E-state index in [0.717, 1.165) is 5.56 Å². The normalized spacial score (nSPS) is 32.0. The van der Waals surface area contributed by atoms with Crippen LogP contribution in [-0.2, 0) is 15.3 Å². The molecular formula is C10H14N2O2. The highest BCUT2D eigenvalue weighted by Crippen LogP contribution is 2.32. The Morgan fingerprint density at radius 1 is 1.57 bits per heavy atom. The van der Waals surface area contributed by atoms with Crippen LogP contribution >= 0.6 is 0 Å². The van der Waals surface area contributed by atoms with Crippen molar-refractivity contribution in [3.8, 4) is 0 Å². The molecule has 2 atom stereocenters. The van der Waals surface area contributed by atoms with E-state index in [2.05, 4.69) is 4.98 Å². The third kappa shape index (κ3) is 1.64. The van der Waals surface area contributed by atoms with Crippen LogP contribution < -0.4 is 5.73 Å². The zero-order chi connectivity index (χ0) is 10.0. The van der Waals surface area contributed by atoms with Gasteiger partial charge < -0.3 is 15.2 Å². The van der Waals surface area contributed by atoms with Gasteiger partial charge in [-0.05, 0) is 19.1 Å². The maximum absolute atomic E-state index is 5.71. The lowest BCUT2D eigenvalue weighted by Crippen LogP contribution is -2.27. The van der Waals surface area contributed by atoms with Gasteiger partial charge in [-0.25, -0.2) is 0 Å². The summed E-state index contributed by atoms with van der Waals surface area (Å²) in [5.41, 5.74) is 6.49. The highest BCUT2D eigenvalue weighted by Gasteiger charge is 2.38. The minimum Gasteiger partial charge on any atom is -0.343 e. The smallest absolute Gasteiger partial charge is 0.192 e. The second-order valence-electron chi connectivity index (χ2n) is 3.47. The number of nitrogens with two attached hydrogens (primary N) is 1. The lowest BCUT2D eigenvalue weighted by Gasteiger charge is -2.23. The molecule has 1 aromatic heterocycles. The van der Waals surface area contributed by atoms with Gasteiger partial charge in [0, 0.05) is 24.5 Å². The van der Waals surface area contributed by atoms with Crippen LogP contribution in [0.3, 0.4) is 0 Å². The predicted octanol–water partition coefficient (Wildman–Crippen LogP) is 0.628. The zero-order valence-corrected chi connectivity index (χ0v) is 8.14. The maximum Gasteiger partial charge on any atom is 0.192 e. The van der Waals surface area contributed by atoms with Crippen LogP contribution in [0.2, 0.25) is 0 Å². The minimum absolute atomic E-state index is 0.00633. The summed E-state index contributed by atoms with van der Waals surface area (Å²) in [7, 11) is 0. The standard InChI is InChI=1S/C10H14N2O2/c1-10(8-2-4-12-5-3-8)13-7-9(6-11)14-10/h2-5,9H,6-7,11H2,1H3. The average Bonchev–Trinajstić information content (AvgIpc) is 2.63. The van der Waals surface area contributed by atoms with Gasteiger partial charge in [-0.15, -0.1) is 0 Å². The van der Waals surface area contributed by atoms with Crippen molar-refractivity contribution in [2.75, 3.05) is 13.2 Å². The number of nitrogens with zero attached hydrogens (tertiary/aromatic N) is 1. The highest BCUT2D eigenvalue weighted by molar-refractivity contribution is 5.16. The van der Waals surface area contributed by atoms with Gasteiger partial charge in [-0.1, -0.05) is 0 Å². The monoisotopic (exact) mass is 194 g/mol. The van der Waals surface area contributed by atoms with Gasteiger partial charge in [0.25, 0.3) is 0 Å². The molecule has 1 saturated heterocycles. The van der Waals surface area contributed by atoms with Crippen LogP contribution in [0, 0.1) is 0 Å². The first-order valence-electron chi connectivity index (χ1n) is 4.67. The molecule has 0 aromatic carbocycles. The van der Waals surface area contributed by atoms with E-state index in [1.165, 1.54) is 0 Å². The first-order chi connectivity index (χ1) is 6.74. The molecule has 2 rings (SSSR count). The number of rotatable bonds is 2. The number of hydrogen-bond acceptors (Lipinski definition) is 4. The third-order valence-corrected chi connectivity index (χ3v) is 2.40. The number of aromatic nitrogens is 1. The summed E-state index contributed by atoms with van der Waals surface area (Å²) in [6.07, 6.45) is 3.44. The Morgan fingerprint density at radius 3 is 2.86 bits per heavy atom. The van der Waals surface area contributed by atoms with E-state index in [-0.39, 0.29) is 6.10 Å². The Balaban J connectivity index is 2.19. The number of hydrogen-bond donors (Lipinski definition) is 1. The van der Waals surface area contributed by atoms with E-state index in [1.54, 1.807) is 12.4 Å². The van der Waals surface area contributed by atoms with E-state index in [9.17, 15) is 0 Å². The molecule has 0 amide bonds. The van der Waals surface area contributed by atoms with E-state index >= 15 is 0 Å². The molecule has 0 saturated carbocycles. The lowest BCUT2D eigenvalue weighted by atomic mass is 10.1. The summed E-state index contributed by atoms with van der Waals surface area (Å²) in [4.78, 5) is 3.95. The molecule has 4 nitrogen and oxygen atoms in total. The molecule has 4 heteroatoms. The first-order valence-corrected chi connectivity index (χ1v) is 4.67.